The first-order valence-corrected chi connectivity index (χ1v) is 5.87. The summed E-state index contributed by atoms with van der Waals surface area (Å²) >= 11 is 0. The zero-order valence-corrected chi connectivity index (χ0v) is 9.22. The van der Waals surface area contributed by atoms with E-state index in [1.807, 2.05) is 7.11 Å². The van der Waals surface area contributed by atoms with Gasteiger partial charge in [-0.2, -0.15) is 0 Å². The number of hydrogen-bond donors (Lipinski definition) is 0. The normalized spacial score (nSPS) is 29.1. The first-order chi connectivity index (χ1) is 6.38. The predicted octanol–water partition coefficient (Wildman–Crippen LogP) is 3.63. The third kappa shape index (κ3) is 3.68. The van der Waals surface area contributed by atoms with Gasteiger partial charge in [0.2, 0.25) is 0 Å². The lowest BCUT2D eigenvalue weighted by Crippen LogP contribution is -2.23. The van der Waals surface area contributed by atoms with Gasteiger partial charge in [-0.1, -0.05) is 45.4 Å². The molecule has 0 amide bonds. The Morgan fingerprint density at radius 2 is 1.85 bits per heavy atom. The lowest BCUT2D eigenvalue weighted by atomic mass is 9.77. The highest BCUT2D eigenvalue weighted by atomic mass is 16.5. The Bertz CT molecular complexity index is 120. The molecule has 1 heteroatoms. The van der Waals surface area contributed by atoms with Crippen LogP contribution in [-0.2, 0) is 4.74 Å². The molecule has 1 saturated carbocycles. The van der Waals surface area contributed by atoms with Gasteiger partial charge in [-0.3, -0.25) is 0 Å². The molecule has 1 aliphatic carbocycles. The molecule has 0 heterocycles. The van der Waals surface area contributed by atoms with Crippen molar-refractivity contribution in [3.8, 4) is 0 Å². The molecule has 0 aromatic carbocycles. The van der Waals surface area contributed by atoms with Crippen molar-refractivity contribution in [2.45, 2.75) is 51.9 Å². The lowest BCUT2D eigenvalue weighted by Gasteiger charge is -2.31. The van der Waals surface area contributed by atoms with Gasteiger partial charge in [-0.15, -0.1) is 0 Å². The molecular formula is C12H24O. The van der Waals surface area contributed by atoms with Crippen LogP contribution in [0.25, 0.3) is 0 Å². The molecule has 78 valence electrons. The summed E-state index contributed by atoms with van der Waals surface area (Å²) in [4.78, 5) is 0. The average molecular weight is 184 g/mol. The van der Waals surface area contributed by atoms with Gasteiger partial charge in [0.25, 0.3) is 0 Å². The third-order valence-electron chi connectivity index (χ3n) is 3.38. The predicted molar refractivity (Wildman–Crippen MR) is 56.8 cm³/mol. The Labute approximate surface area is 82.9 Å². The number of ether oxygens (including phenoxy) is 1. The van der Waals surface area contributed by atoms with Crippen LogP contribution in [0.15, 0.2) is 0 Å². The van der Waals surface area contributed by atoms with Crippen molar-refractivity contribution in [1.82, 2.24) is 0 Å². The van der Waals surface area contributed by atoms with Gasteiger partial charge >= 0.3 is 0 Å². The van der Waals surface area contributed by atoms with Crippen LogP contribution in [0.2, 0.25) is 0 Å². The lowest BCUT2D eigenvalue weighted by molar-refractivity contribution is 0.0894. The van der Waals surface area contributed by atoms with Crippen LogP contribution < -0.4 is 0 Å². The largest absolute Gasteiger partial charge is 0.384 e. The Morgan fingerprint density at radius 3 is 2.46 bits per heavy atom. The maximum atomic E-state index is 5.29. The van der Waals surface area contributed by atoms with E-state index >= 15 is 0 Å². The molecule has 1 rings (SSSR count). The van der Waals surface area contributed by atoms with Crippen LogP contribution >= 0.6 is 0 Å². The fourth-order valence-corrected chi connectivity index (χ4v) is 2.56. The minimum atomic E-state index is 0.866. The van der Waals surface area contributed by atoms with Crippen LogP contribution in [0.5, 0.6) is 0 Å². The van der Waals surface area contributed by atoms with Crippen LogP contribution in [0.4, 0.5) is 0 Å². The van der Waals surface area contributed by atoms with E-state index in [1.54, 1.807) is 0 Å². The molecule has 0 aliphatic heterocycles. The van der Waals surface area contributed by atoms with Crippen molar-refractivity contribution in [2.24, 2.45) is 11.8 Å². The fraction of sp³-hybridized carbons (Fsp3) is 1.00. The smallest absolute Gasteiger partial charge is 0.0493 e. The summed E-state index contributed by atoms with van der Waals surface area (Å²) in [5.41, 5.74) is 0. The molecule has 2 unspecified atom stereocenters. The number of methoxy groups -OCH3 is 1. The van der Waals surface area contributed by atoms with E-state index in [9.17, 15) is 0 Å². The molecule has 0 bridgehead atoms. The summed E-state index contributed by atoms with van der Waals surface area (Å²) in [5.74, 6) is 1.83. The van der Waals surface area contributed by atoms with Gasteiger partial charge in [0.05, 0.1) is 0 Å². The zero-order chi connectivity index (χ0) is 9.52. The highest BCUT2D eigenvalue weighted by molar-refractivity contribution is 4.75. The van der Waals surface area contributed by atoms with E-state index < -0.39 is 0 Å². The summed E-state index contributed by atoms with van der Waals surface area (Å²) in [6.45, 7) is 3.28. The molecule has 1 nitrogen and oxygen atoms in total. The monoisotopic (exact) mass is 184 g/mol. The van der Waals surface area contributed by atoms with Crippen molar-refractivity contribution in [3.63, 3.8) is 0 Å². The quantitative estimate of drug-likeness (QED) is 0.634. The first-order valence-electron chi connectivity index (χ1n) is 5.87. The molecule has 13 heavy (non-hydrogen) atoms. The summed E-state index contributed by atoms with van der Waals surface area (Å²) in [7, 11) is 1.84. The summed E-state index contributed by atoms with van der Waals surface area (Å²) in [5, 5.41) is 0. The Hall–Kier alpha value is -0.0400. The van der Waals surface area contributed by atoms with Gasteiger partial charge in [0.15, 0.2) is 0 Å². The van der Waals surface area contributed by atoms with Gasteiger partial charge in [0, 0.05) is 13.7 Å². The van der Waals surface area contributed by atoms with Gasteiger partial charge < -0.3 is 4.74 Å². The zero-order valence-electron chi connectivity index (χ0n) is 9.22. The molecule has 1 aliphatic rings. The maximum Gasteiger partial charge on any atom is 0.0493 e. The van der Waals surface area contributed by atoms with E-state index in [1.165, 1.54) is 44.9 Å². The fourth-order valence-electron chi connectivity index (χ4n) is 2.56. The first kappa shape index (κ1) is 11.0. The van der Waals surface area contributed by atoms with E-state index in [4.69, 9.17) is 4.74 Å². The van der Waals surface area contributed by atoms with Crippen molar-refractivity contribution in [3.05, 3.63) is 0 Å². The van der Waals surface area contributed by atoms with E-state index in [-0.39, 0.29) is 0 Å². The SMILES string of the molecule is CCCCC1CCCCC1COC. The summed E-state index contributed by atoms with van der Waals surface area (Å²) in [6, 6.07) is 0. The molecule has 0 aromatic rings. The van der Waals surface area contributed by atoms with Crippen LogP contribution in [0.1, 0.15) is 51.9 Å². The molecule has 0 saturated heterocycles. The topological polar surface area (TPSA) is 9.23 Å². The minimum Gasteiger partial charge on any atom is -0.384 e. The molecule has 0 aromatic heterocycles. The van der Waals surface area contributed by atoms with Crippen molar-refractivity contribution in [2.75, 3.05) is 13.7 Å². The van der Waals surface area contributed by atoms with Gasteiger partial charge in [0.1, 0.15) is 0 Å². The van der Waals surface area contributed by atoms with Crippen molar-refractivity contribution >= 4 is 0 Å². The van der Waals surface area contributed by atoms with Crippen LogP contribution in [-0.4, -0.2) is 13.7 Å². The van der Waals surface area contributed by atoms with Gasteiger partial charge in [-0.25, -0.2) is 0 Å². The molecule has 0 radical (unpaired) electrons. The highest BCUT2D eigenvalue weighted by Gasteiger charge is 2.23. The Balaban J connectivity index is 2.28. The number of unbranched alkanes of at least 4 members (excludes halogenated alkanes) is 1. The van der Waals surface area contributed by atoms with Crippen LogP contribution in [0.3, 0.4) is 0 Å². The van der Waals surface area contributed by atoms with E-state index in [0.29, 0.717) is 0 Å². The second-order valence-electron chi connectivity index (χ2n) is 4.40. The van der Waals surface area contributed by atoms with Gasteiger partial charge in [-0.05, 0) is 18.3 Å². The summed E-state index contributed by atoms with van der Waals surface area (Å²) in [6.07, 6.45) is 9.92. The molecule has 0 spiro atoms. The Kier molecular flexibility index (Phi) is 5.45. The maximum absolute atomic E-state index is 5.29. The standard InChI is InChI=1S/C12H24O/c1-3-4-7-11-8-5-6-9-12(11)10-13-2/h11-12H,3-10H2,1-2H3. The second kappa shape index (κ2) is 6.42. The average Bonchev–Trinajstić information content (AvgIpc) is 2.17. The molecule has 1 fully saturated rings. The number of hydrogen-bond acceptors (Lipinski definition) is 1. The molecule has 0 N–H and O–H groups in total. The second-order valence-corrected chi connectivity index (χ2v) is 4.40. The summed E-state index contributed by atoms with van der Waals surface area (Å²) < 4.78 is 5.29. The Morgan fingerprint density at radius 1 is 1.15 bits per heavy atom. The highest BCUT2D eigenvalue weighted by Crippen LogP contribution is 2.33. The van der Waals surface area contributed by atoms with Crippen molar-refractivity contribution in [1.29, 1.82) is 0 Å². The number of rotatable bonds is 5. The van der Waals surface area contributed by atoms with Crippen LogP contribution in [0, 0.1) is 11.8 Å². The van der Waals surface area contributed by atoms with Crippen molar-refractivity contribution < 1.29 is 4.74 Å². The minimum absolute atomic E-state index is 0.866. The van der Waals surface area contributed by atoms with E-state index in [2.05, 4.69) is 6.92 Å². The van der Waals surface area contributed by atoms with E-state index in [0.717, 1.165) is 18.4 Å². The third-order valence-corrected chi connectivity index (χ3v) is 3.38. The molecular weight excluding hydrogens is 160 g/mol. The molecule has 2 atom stereocenters.